The predicted molar refractivity (Wildman–Crippen MR) is 78.7 cm³/mol. The standard InChI is InChI=1S/C14H11ClFN3O2/c15-11-3-2-8(6-9(11)13(18)20)19-14(21)10-5-7(16)1-4-12(10)17/h1-6H,17H2,(H2,18,20)(H,19,21). The Morgan fingerprint density at radius 2 is 1.81 bits per heavy atom. The molecule has 0 aliphatic heterocycles. The Labute approximate surface area is 124 Å². The van der Waals surface area contributed by atoms with Crippen LogP contribution in [-0.4, -0.2) is 11.8 Å². The summed E-state index contributed by atoms with van der Waals surface area (Å²) in [6.45, 7) is 0. The zero-order chi connectivity index (χ0) is 15.6. The van der Waals surface area contributed by atoms with Crippen LogP contribution in [0, 0.1) is 5.82 Å². The molecule has 0 aliphatic rings. The number of halogens is 2. The van der Waals surface area contributed by atoms with E-state index in [1.807, 2.05) is 0 Å². The zero-order valence-corrected chi connectivity index (χ0v) is 11.4. The number of hydrogen-bond donors (Lipinski definition) is 3. The topological polar surface area (TPSA) is 98.2 Å². The molecular formula is C14H11ClFN3O2. The van der Waals surface area contributed by atoms with Crippen LogP contribution < -0.4 is 16.8 Å². The summed E-state index contributed by atoms with van der Waals surface area (Å²) < 4.78 is 13.2. The van der Waals surface area contributed by atoms with Gasteiger partial charge in [-0.3, -0.25) is 9.59 Å². The van der Waals surface area contributed by atoms with E-state index in [0.717, 1.165) is 12.1 Å². The van der Waals surface area contributed by atoms with Crippen LogP contribution in [0.2, 0.25) is 5.02 Å². The van der Waals surface area contributed by atoms with Crippen molar-refractivity contribution in [3.05, 3.63) is 58.4 Å². The van der Waals surface area contributed by atoms with Gasteiger partial charge in [-0.05, 0) is 36.4 Å². The number of nitrogen functional groups attached to an aromatic ring is 1. The number of carbonyl (C=O) groups excluding carboxylic acids is 2. The molecule has 2 aromatic rings. The number of carbonyl (C=O) groups is 2. The lowest BCUT2D eigenvalue weighted by molar-refractivity contribution is 0.0996. The number of benzene rings is 2. The molecule has 0 fully saturated rings. The molecule has 0 atom stereocenters. The van der Waals surface area contributed by atoms with Gasteiger partial charge in [0.15, 0.2) is 0 Å². The largest absolute Gasteiger partial charge is 0.398 e. The fourth-order valence-corrected chi connectivity index (χ4v) is 1.93. The van der Waals surface area contributed by atoms with Gasteiger partial charge in [0.25, 0.3) is 5.91 Å². The second-order valence-electron chi connectivity index (χ2n) is 4.24. The van der Waals surface area contributed by atoms with E-state index in [0.29, 0.717) is 5.69 Å². The molecule has 5 N–H and O–H groups in total. The van der Waals surface area contributed by atoms with Crippen molar-refractivity contribution in [2.24, 2.45) is 5.73 Å². The van der Waals surface area contributed by atoms with Gasteiger partial charge in [-0.15, -0.1) is 0 Å². The molecule has 108 valence electrons. The van der Waals surface area contributed by atoms with E-state index in [9.17, 15) is 14.0 Å². The average molecular weight is 308 g/mol. The number of rotatable bonds is 3. The van der Waals surface area contributed by atoms with Crippen LogP contribution in [0.5, 0.6) is 0 Å². The first-order chi connectivity index (χ1) is 9.88. The summed E-state index contributed by atoms with van der Waals surface area (Å²) in [6.07, 6.45) is 0. The van der Waals surface area contributed by atoms with Crippen molar-refractivity contribution in [3.8, 4) is 0 Å². The van der Waals surface area contributed by atoms with Crippen molar-refractivity contribution < 1.29 is 14.0 Å². The highest BCUT2D eigenvalue weighted by atomic mass is 35.5. The Kier molecular flexibility index (Phi) is 4.09. The SMILES string of the molecule is NC(=O)c1cc(NC(=O)c2cc(F)ccc2N)ccc1Cl. The molecule has 0 aliphatic carbocycles. The second-order valence-corrected chi connectivity index (χ2v) is 4.65. The van der Waals surface area contributed by atoms with Gasteiger partial charge in [0.2, 0.25) is 5.91 Å². The number of hydrogen-bond acceptors (Lipinski definition) is 3. The van der Waals surface area contributed by atoms with Crippen molar-refractivity contribution in [2.75, 3.05) is 11.1 Å². The van der Waals surface area contributed by atoms with Gasteiger partial charge in [0.1, 0.15) is 5.82 Å². The molecule has 0 aromatic heterocycles. The molecule has 0 saturated carbocycles. The zero-order valence-electron chi connectivity index (χ0n) is 10.7. The number of primary amides is 1. The summed E-state index contributed by atoms with van der Waals surface area (Å²) in [5, 5.41) is 2.67. The third-order valence-corrected chi connectivity index (χ3v) is 3.08. The van der Waals surface area contributed by atoms with Gasteiger partial charge in [-0.25, -0.2) is 4.39 Å². The number of nitrogens with two attached hydrogens (primary N) is 2. The molecule has 2 aromatic carbocycles. The van der Waals surface area contributed by atoms with E-state index < -0.39 is 17.6 Å². The molecule has 7 heteroatoms. The molecule has 0 heterocycles. The van der Waals surface area contributed by atoms with E-state index in [1.54, 1.807) is 0 Å². The van der Waals surface area contributed by atoms with Gasteiger partial charge in [-0.2, -0.15) is 0 Å². The summed E-state index contributed by atoms with van der Waals surface area (Å²) in [5.74, 6) is -1.91. The van der Waals surface area contributed by atoms with E-state index in [-0.39, 0.29) is 21.8 Å². The average Bonchev–Trinajstić information content (AvgIpc) is 2.43. The molecule has 0 radical (unpaired) electrons. The predicted octanol–water partition coefficient (Wildman–Crippen LogP) is 2.41. The highest BCUT2D eigenvalue weighted by molar-refractivity contribution is 6.34. The van der Waals surface area contributed by atoms with Gasteiger partial charge in [-0.1, -0.05) is 11.6 Å². The van der Waals surface area contributed by atoms with Crippen molar-refractivity contribution in [2.45, 2.75) is 0 Å². The van der Waals surface area contributed by atoms with Crippen molar-refractivity contribution in [1.82, 2.24) is 0 Å². The van der Waals surface area contributed by atoms with Crippen LogP contribution in [0.3, 0.4) is 0 Å². The minimum Gasteiger partial charge on any atom is -0.398 e. The van der Waals surface area contributed by atoms with Crippen molar-refractivity contribution in [3.63, 3.8) is 0 Å². The lowest BCUT2D eigenvalue weighted by atomic mass is 10.1. The molecule has 0 bridgehead atoms. The first-order valence-corrected chi connectivity index (χ1v) is 6.22. The van der Waals surface area contributed by atoms with Gasteiger partial charge in [0.05, 0.1) is 16.1 Å². The van der Waals surface area contributed by atoms with Gasteiger partial charge in [0, 0.05) is 11.4 Å². The number of amides is 2. The molecule has 0 unspecified atom stereocenters. The van der Waals surface area contributed by atoms with E-state index in [4.69, 9.17) is 23.1 Å². The molecule has 21 heavy (non-hydrogen) atoms. The normalized spacial score (nSPS) is 10.2. The van der Waals surface area contributed by atoms with Crippen LogP contribution in [0.4, 0.5) is 15.8 Å². The number of anilines is 2. The van der Waals surface area contributed by atoms with Crippen LogP contribution in [0.15, 0.2) is 36.4 Å². The van der Waals surface area contributed by atoms with Crippen LogP contribution >= 0.6 is 11.6 Å². The van der Waals surface area contributed by atoms with E-state index >= 15 is 0 Å². The second kappa shape index (κ2) is 5.80. The maximum Gasteiger partial charge on any atom is 0.257 e. The summed E-state index contributed by atoms with van der Waals surface area (Å²) in [5.41, 5.74) is 11.3. The molecule has 0 saturated heterocycles. The van der Waals surface area contributed by atoms with Crippen molar-refractivity contribution >= 4 is 34.8 Å². The van der Waals surface area contributed by atoms with Gasteiger partial charge >= 0.3 is 0 Å². The van der Waals surface area contributed by atoms with Crippen LogP contribution in [0.1, 0.15) is 20.7 Å². The van der Waals surface area contributed by atoms with E-state index in [2.05, 4.69) is 5.32 Å². The third kappa shape index (κ3) is 3.29. The fourth-order valence-electron chi connectivity index (χ4n) is 1.72. The molecule has 2 rings (SSSR count). The Morgan fingerprint density at radius 3 is 2.48 bits per heavy atom. The minimum atomic E-state index is -0.721. The maximum atomic E-state index is 13.2. The third-order valence-electron chi connectivity index (χ3n) is 2.75. The molecule has 0 spiro atoms. The highest BCUT2D eigenvalue weighted by Crippen LogP contribution is 2.21. The lowest BCUT2D eigenvalue weighted by Gasteiger charge is -2.09. The summed E-state index contributed by atoms with van der Waals surface area (Å²) in [4.78, 5) is 23.2. The highest BCUT2D eigenvalue weighted by Gasteiger charge is 2.13. The lowest BCUT2D eigenvalue weighted by Crippen LogP contribution is -2.16. The monoisotopic (exact) mass is 307 g/mol. The Morgan fingerprint density at radius 1 is 1.10 bits per heavy atom. The van der Waals surface area contributed by atoms with E-state index in [1.165, 1.54) is 24.3 Å². The molecule has 2 amide bonds. The Bertz CT molecular complexity index is 734. The van der Waals surface area contributed by atoms with Crippen LogP contribution in [0.25, 0.3) is 0 Å². The van der Waals surface area contributed by atoms with Crippen molar-refractivity contribution in [1.29, 1.82) is 0 Å². The first-order valence-electron chi connectivity index (χ1n) is 5.84. The Hall–Kier alpha value is -2.60. The summed E-state index contributed by atoms with van der Waals surface area (Å²) in [6, 6.07) is 7.71. The molecule has 5 nitrogen and oxygen atoms in total. The summed E-state index contributed by atoms with van der Waals surface area (Å²) in [7, 11) is 0. The summed E-state index contributed by atoms with van der Waals surface area (Å²) >= 11 is 5.81. The maximum absolute atomic E-state index is 13.2. The minimum absolute atomic E-state index is 0.00873. The first kappa shape index (κ1) is 14.8. The number of nitrogens with one attached hydrogen (secondary N) is 1. The fraction of sp³-hybridized carbons (Fsp3) is 0. The smallest absolute Gasteiger partial charge is 0.257 e. The molecular weight excluding hydrogens is 297 g/mol. The van der Waals surface area contributed by atoms with Gasteiger partial charge < -0.3 is 16.8 Å². The quantitative estimate of drug-likeness (QED) is 0.759. The van der Waals surface area contributed by atoms with Crippen LogP contribution in [-0.2, 0) is 0 Å². The Balaban J connectivity index is 2.29.